The summed E-state index contributed by atoms with van der Waals surface area (Å²) in [6.45, 7) is 1.72. The van der Waals surface area contributed by atoms with Crippen LogP contribution < -0.4 is 4.90 Å². The third kappa shape index (κ3) is 2.89. The minimum atomic E-state index is -1.34. The molecule has 7 heteroatoms. The molecule has 102 valence electrons. The summed E-state index contributed by atoms with van der Waals surface area (Å²) in [5.74, 6) is -0.493. The molecule has 1 aliphatic rings. The van der Waals surface area contributed by atoms with Gasteiger partial charge in [-0.3, -0.25) is 9.59 Å². The van der Waals surface area contributed by atoms with Crippen molar-refractivity contribution in [2.75, 3.05) is 10.7 Å². The van der Waals surface area contributed by atoms with Gasteiger partial charge in [-0.05, 0) is 36.3 Å². The molecule has 0 N–H and O–H groups in total. The van der Waals surface area contributed by atoms with Crippen LogP contribution in [0.4, 0.5) is 5.69 Å². The highest BCUT2D eigenvalue weighted by atomic mass is 35.5. The van der Waals surface area contributed by atoms with E-state index in [2.05, 4.69) is 0 Å². The number of carbonyl (C=O) groups excluding carboxylic acids is 2. The van der Waals surface area contributed by atoms with Gasteiger partial charge in [0.15, 0.2) is 0 Å². The average Bonchev–Trinajstić information content (AvgIpc) is 2.62. The topological polar surface area (TPSA) is 60.4 Å². The smallest absolute Gasteiger partial charge is 0.287 e. The summed E-state index contributed by atoms with van der Waals surface area (Å²) >= 11 is 10.4. The zero-order valence-corrected chi connectivity index (χ0v) is 12.4. The first kappa shape index (κ1) is 14.7. The first-order valence-corrected chi connectivity index (χ1v) is 7.78. The van der Waals surface area contributed by atoms with Crippen LogP contribution in [0.1, 0.15) is 13.3 Å². The number of halogens is 2. The molecule has 0 aliphatic carbocycles. The highest BCUT2D eigenvalue weighted by Crippen LogP contribution is 2.31. The maximum atomic E-state index is 12.2. The van der Waals surface area contributed by atoms with Crippen LogP contribution in [0, 0.1) is 0 Å². The van der Waals surface area contributed by atoms with Gasteiger partial charge in [-0.2, -0.15) is 0 Å². The van der Waals surface area contributed by atoms with Crippen molar-refractivity contribution in [2.24, 2.45) is 0 Å². The third-order valence-electron chi connectivity index (χ3n) is 2.81. The Kier molecular flexibility index (Phi) is 4.40. The molecule has 0 bridgehead atoms. The number of anilines is 1. The normalized spacial score (nSPS) is 21.1. The molecular weight excluding hydrogens is 309 g/mol. The van der Waals surface area contributed by atoms with E-state index in [1.165, 1.54) is 18.2 Å². The van der Waals surface area contributed by atoms with Crippen molar-refractivity contribution in [3.05, 3.63) is 28.2 Å². The van der Waals surface area contributed by atoms with Crippen molar-refractivity contribution in [3.8, 4) is 0 Å². The van der Waals surface area contributed by atoms with E-state index in [0.717, 1.165) is 4.90 Å². The number of carbonyl (C=O) groups is 2. The highest BCUT2D eigenvalue weighted by Gasteiger charge is 2.46. The second kappa shape index (κ2) is 5.71. The molecule has 2 unspecified atom stereocenters. The Balaban J connectivity index is 2.35. The van der Waals surface area contributed by atoms with Crippen molar-refractivity contribution < 1.29 is 14.1 Å². The molecule has 2 atom stereocenters. The zero-order chi connectivity index (χ0) is 14.2. The predicted octanol–water partition coefficient (Wildman–Crippen LogP) is 2.39. The molecule has 1 aromatic carbocycles. The maximum absolute atomic E-state index is 12.2. The van der Waals surface area contributed by atoms with Crippen molar-refractivity contribution in [3.63, 3.8) is 0 Å². The molecule has 0 spiro atoms. The maximum Gasteiger partial charge on any atom is 0.287 e. The van der Waals surface area contributed by atoms with Gasteiger partial charge in [-0.25, -0.2) is 4.90 Å². The summed E-state index contributed by atoms with van der Waals surface area (Å²) in [5.41, 5.74) is 0.322. The van der Waals surface area contributed by atoms with Crippen LogP contribution in [0.5, 0.6) is 0 Å². The van der Waals surface area contributed by atoms with E-state index >= 15 is 0 Å². The quantitative estimate of drug-likeness (QED) is 0.635. The first-order chi connectivity index (χ1) is 8.93. The van der Waals surface area contributed by atoms with E-state index in [0.29, 0.717) is 21.5 Å². The lowest BCUT2D eigenvalue weighted by Crippen LogP contribution is -2.35. The summed E-state index contributed by atoms with van der Waals surface area (Å²) in [6, 6.07) is 4.49. The molecule has 1 fully saturated rings. The molecule has 4 nitrogen and oxygen atoms in total. The van der Waals surface area contributed by atoms with E-state index in [-0.39, 0.29) is 12.3 Å². The van der Waals surface area contributed by atoms with Crippen LogP contribution in [-0.4, -0.2) is 27.4 Å². The van der Waals surface area contributed by atoms with Crippen LogP contribution in [0.25, 0.3) is 0 Å². The largest absolute Gasteiger partial charge is 0.616 e. The molecule has 0 aromatic heterocycles. The lowest BCUT2D eigenvalue weighted by Gasteiger charge is -2.17. The van der Waals surface area contributed by atoms with Gasteiger partial charge < -0.3 is 4.55 Å². The zero-order valence-electron chi connectivity index (χ0n) is 10.1. The van der Waals surface area contributed by atoms with Gasteiger partial charge in [0.1, 0.15) is 5.75 Å². The standard InChI is InChI=1S/C12H11Cl2NO3S/c1-2-19(18)10-6-11(16)15(12(10)17)9-4-7(13)3-8(14)5-9/h3-5,10H,2,6H2,1H3. The average molecular weight is 320 g/mol. The summed E-state index contributed by atoms with van der Waals surface area (Å²) < 4.78 is 11.7. The van der Waals surface area contributed by atoms with Gasteiger partial charge in [0.25, 0.3) is 5.91 Å². The van der Waals surface area contributed by atoms with Gasteiger partial charge in [0, 0.05) is 10.0 Å². The number of nitrogens with zero attached hydrogens (tertiary/aromatic N) is 1. The van der Waals surface area contributed by atoms with Crippen LogP contribution in [0.2, 0.25) is 10.0 Å². The Labute approximate surface area is 123 Å². The number of benzene rings is 1. The third-order valence-corrected chi connectivity index (χ3v) is 4.82. The molecular formula is C12H11Cl2NO3S. The van der Waals surface area contributed by atoms with E-state index in [4.69, 9.17) is 23.2 Å². The fourth-order valence-corrected chi connectivity index (χ4v) is 3.53. The SMILES string of the molecule is CC[S+]([O-])C1CC(=O)N(c2cc(Cl)cc(Cl)c2)C1=O. The second-order valence-electron chi connectivity index (χ2n) is 4.06. The van der Waals surface area contributed by atoms with Crippen molar-refractivity contribution >= 4 is 51.9 Å². The number of hydrogen-bond donors (Lipinski definition) is 0. The second-order valence-corrected chi connectivity index (χ2v) is 6.84. The van der Waals surface area contributed by atoms with Gasteiger partial charge >= 0.3 is 0 Å². The van der Waals surface area contributed by atoms with Crippen molar-refractivity contribution in [1.82, 2.24) is 0 Å². The van der Waals surface area contributed by atoms with Crippen molar-refractivity contribution in [2.45, 2.75) is 18.6 Å². The number of amides is 2. The highest BCUT2D eigenvalue weighted by molar-refractivity contribution is 7.92. The first-order valence-electron chi connectivity index (χ1n) is 5.64. The van der Waals surface area contributed by atoms with E-state index in [9.17, 15) is 14.1 Å². The molecule has 2 rings (SSSR count). The predicted molar refractivity (Wildman–Crippen MR) is 76.0 cm³/mol. The lowest BCUT2D eigenvalue weighted by molar-refractivity contribution is -0.121. The molecule has 1 heterocycles. The minimum absolute atomic E-state index is 0.0383. The number of rotatable bonds is 3. The van der Waals surface area contributed by atoms with Crippen molar-refractivity contribution in [1.29, 1.82) is 0 Å². The number of imide groups is 1. The molecule has 1 aliphatic heterocycles. The summed E-state index contributed by atoms with van der Waals surface area (Å²) in [7, 11) is 0. The number of hydrogen-bond acceptors (Lipinski definition) is 3. The van der Waals surface area contributed by atoms with Gasteiger partial charge in [0.2, 0.25) is 11.2 Å². The fraction of sp³-hybridized carbons (Fsp3) is 0.333. The molecule has 0 saturated carbocycles. The summed E-state index contributed by atoms with van der Waals surface area (Å²) in [5, 5.41) is -0.0958. The van der Waals surface area contributed by atoms with Gasteiger partial charge in [0.05, 0.1) is 12.1 Å². The Morgan fingerprint density at radius 1 is 1.32 bits per heavy atom. The summed E-state index contributed by atoms with van der Waals surface area (Å²) in [4.78, 5) is 25.1. The van der Waals surface area contributed by atoms with Crippen LogP contribution in [0.3, 0.4) is 0 Å². The Bertz CT molecular complexity index is 517. The Morgan fingerprint density at radius 3 is 2.42 bits per heavy atom. The van der Waals surface area contributed by atoms with Crippen LogP contribution >= 0.6 is 23.2 Å². The summed E-state index contributed by atoms with van der Waals surface area (Å²) in [6.07, 6.45) is -0.0383. The van der Waals surface area contributed by atoms with Crippen LogP contribution in [0.15, 0.2) is 18.2 Å². The molecule has 2 amide bonds. The van der Waals surface area contributed by atoms with Crippen LogP contribution in [-0.2, 0) is 20.8 Å². The monoisotopic (exact) mass is 319 g/mol. The Morgan fingerprint density at radius 2 is 1.89 bits per heavy atom. The van der Waals surface area contributed by atoms with Gasteiger partial charge in [-0.15, -0.1) is 0 Å². The van der Waals surface area contributed by atoms with E-state index in [1.807, 2.05) is 0 Å². The minimum Gasteiger partial charge on any atom is -0.616 e. The molecule has 19 heavy (non-hydrogen) atoms. The van der Waals surface area contributed by atoms with Gasteiger partial charge in [-0.1, -0.05) is 23.2 Å². The van der Waals surface area contributed by atoms with E-state index < -0.39 is 22.3 Å². The lowest BCUT2D eigenvalue weighted by atomic mass is 10.3. The Hall–Kier alpha value is -0.750. The fourth-order valence-electron chi connectivity index (χ4n) is 1.95. The van der Waals surface area contributed by atoms with E-state index in [1.54, 1.807) is 6.92 Å². The molecule has 0 radical (unpaired) electrons. The molecule has 1 saturated heterocycles. The molecule has 1 aromatic rings.